The molecule has 0 aliphatic carbocycles. The van der Waals surface area contributed by atoms with Gasteiger partial charge in [-0.1, -0.05) is 35.3 Å². The molecule has 4 fully saturated rings. The van der Waals surface area contributed by atoms with Crippen LogP contribution < -0.4 is 19.3 Å². The molecule has 4 aromatic rings. The summed E-state index contributed by atoms with van der Waals surface area (Å²) >= 11 is 11.7. The first-order chi connectivity index (χ1) is 32.0. The van der Waals surface area contributed by atoms with Gasteiger partial charge in [0.25, 0.3) is 0 Å². The number of anilines is 2. The topological polar surface area (TPSA) is 154 Å². The molecule has 2 aromatic heterocycles. The Bertz CT molecular complexity index is 2200. The predicted molar refractivity (Wildman–Crippen MR) is 247 cm³/mol. The van der Waals surface area contributed by atoms with Crippen molar-refractivity contribution in [2.75, 3.05) is 82.0 Å². The van der Waals surface area contributed by atoms with Crippen LogP contribution in [0.3, 0.4) is 0 Å². The number of nitrogens with zero attached hydrogens (tertiary/aromatic N) is 8. The fraction of sp³-hybridized carbons (Fsp3) is 0.521. The highest BCUT2D eigenvalue weighted by atomic mass is 35.5. The van der Waals surface area contributed by atoms with E-state index in [1.165, 1.54) is 12.1 Å². The van der Waals surface area contributed by atoms with Crippen molar-refractivity contribution in [3.8, 4) is 11.5 Å². The van der Waals surface area contributed by atoms with Crippen LogP contribution in [0.4, 0.5) is 20.7 Å². The number of likely N-dealkylation sites (tertiary alicyclic amines) is 2. The average Bonchev–Trinajstić information content (AvgIpc) is 3.29. The Balaban J connectivity index is 0.000000196. The van der Waals surface area contributed by atoms with Crippen molar-refractivity contribution in [3.05, 3.63) is 94.0 Å². The van der Waals surface area contributed by atoms with Crippen LogP contribution in [0.1, 0.15) is 62.5 Å². The lowest BCUT2D eigenvalue weighted by atomic mass is 9.92. The molecule has 1 N–H and O–H groups in total. The van der Waals surface area contributed by atoms with Gasteiger partial charge in [-0.05, 0) is 86.5 Å². The molecule has 0 spiro atoms. The van der Waals surface area contributed by atoms with Crippen LogP contribution in [-0.4, -0.2) is 125 Å². The number of carbonyl (C=O) groups excluding carboxylic acids is 3. The van der Waals surface area contributed by atoms with Crippen LogP contribution in [0.5, 0.6) is 11.5 Å². The number of hydrogen-bond acceptors (Lipinski definition) is 12. The summed E-state index contributed by atoms with van der Waals surface area (Å²) in [6.07, 6.45) is 15.6. The number of aldehydes is 1. The molecule has 0 unspecified atom stereocenters. The summed E-state index contributed by atoms with van der Waals surface area (Å²) in [5.41, 5.74) is 0.717. The fourth-order valence-electron chi connectivity index (χ4n) is 8.67. The van der Waals surface area contributed by atoms with Crippen molar-refractivity contribution in [1.82, 2.24) is 29.7 Å². The third-order valence-electron chi connectivity index (χ3n) is 12.8. The molecule has 18 heteroatoms. The molecule has 4 aliphatic rings. The minimum Gasteiger partial charge on any atom is -0.493 e. The number of ether oxygens (including phenoxy) is 2. The second-order valence-electron chi connectivity index (χ2n) is 17.6. The van der Waals surface area contributed by atoms with E-state index in [-0.39, 0.29) is 43.1 Å². The molecule has 4 aliphatic heterocycles. The molecule has 2 aromatic carbocycles. The van der Waals surface area contributed by atoms with Gasteiger partial charge in [0, 0.05) is 82.9 Å². The minimum atomic E-state index is -0.440. The van der Waals surface area contributed by atoms with Crippen LogP contribution in [0.15, 0.2) is 61.2 Å². The van der Waals surface area contributed by atoms with Crippen molar-refractivity contribution in [2.24, 2.45) is 23.7 Å². The first-order valence-corrected chi connectivity index (χ1v) is 23.7. The molecule has 14 nitrogen and oxygen atoms in total. The lowest BCUT2D eigenvalue weighted by Gasteiger charge is -2.38. The Labute approximate surface area is 394 Å². The smallest absolute Gasteiger partial charge is 0.227 e. The molecular weight excluding hydrogens is 893 g/mol. The Kier molecular flexibility index (Phi) is 17.7. The number of piperidine rings is 2. The van der Waals surface area contributed by atoms with E-state index in [1.807, 2.05) is 0 Å². The van der Waals surface area contributed by atoms with Crippen molar-refractivity contribution in [1.29, 1.82) is 0 Å². The number of amides is 2. The van der Waals surface area contributed by atoms with E-state index in [9.17, 15) is 23.2 Å². The van der Waals surface area contributed by atoms with Crippen molar-refractivity contribution in [2.45, 2.75) is 64.2 Å². The fourth-order valence-corrected chi connectivity index (χ4v) is 8.86. The van der Waals surface area contributed by atoms with Crippen molar-refractivity contribution < 1.29 is 37.7 Å². The number of aliphatic hydroxyl groups excluding tert-OH is 1. The third-order valence-corrected chi connectivity index (χ3v) is 13.2. The first kappa shape index (κ1) is 48.7. The van der Waals surface area contributed by atoms with E-state index in [2.05, 4.69) is 29.7 Å². The number of halogens is 4. The van der Waals surface area contributed by atoms with Crippen LogP contribution in [0.2, 0.25) is 10.0 Å². The molecular formula is C48H58Cl2F2N8O6. The lowest BCUT2D eigenvalue weighted by molar-refractivity contribution is -0.139. The van der Waals surface area contributed by atoms with Crippen LogP contribution in [0, 0.1) is 35.3 Å². The van der Waals surface area contributed by atoms with Crippen LogP contribution in [0.25, 0.3) is 0 Å². The maximum absolute atomic E-state index is 14.4. The lowest BCUT2D eigenvalue weighted by Crippen LogP contribution is -2.51. The molecule has 0 bridgehead atoms. The summed E-state index contributed by atoms with van der Waals surface area (Å²) in [7, 11) is 0. The maximum Gasteiger partial charge on any atom is 0.227 e. The molecule has 2 amide bonds. The maximum atomic E-state index is 14.4. The van der Waals surface area contributed by atoms with Gasteiger partial charge in [-0.2, -0.15) is 0 Å². The average molecular weight is 952 g/mol. The van der Waals surface area contributed by atoms with Gasteiger partial charge in [0.15, 0.2) is 0 Å². The normalized spacial score (nSPS) is 17.1. The van der Waals surface area contributed by atoms with E-state index in [4.69, 9.17) is 37.8 Å². The molecule has 0 radical (unpaired) electrons. The monoisotopic (exact) mass is 950 g/mol. The second-order valence-corrected chi connectivity index (χ2v) is 18.5. The SMILES string of the molecule is O=C(Cc1ccc(OCCCC2CCN(c3ncc(Cl)cn3)CC2)cc1F)N1CC(CO)C1.O=CC1CN(C(=O)Cc2ccc(OCCCC3CCN(c4ncc(Cl)cn4)CC3)cc2F)C1. The third kappa shape index (κ3) is 13.9. The second kappa shape index (κ2) is 24.0. The summed E-state index contributed by atoms with van der Waals surface area (Å²) in [4.78, 5) is 59.8. The molecule has 4 saturated heterocycles. The van der Waals surface area contributed by atoms with Gasteiger partial charge in [-0.3, -0.25) is 9.59 Å². The summed E-state index contributed by atoms with van der Waals surface area (Å²) in [6, 6.07) is 9.37. The molecule has 8 rings (SSSR count). The number of hydrogen-bond donors (Lipinski definition) is 1. The Morgan fingerprint density at radius 2 is 1.06 bits per heavy atom. The number of aromatic nitrogens is 4. The molecule has 0 atom stereocenters. The number of rotatable bonds is 18. The van der Waals surface area contributed by atoms with Gasteiger partial charge in [-0.25, -0.2) is 28.7 Å². The van der Waals surface area contributed by atoms with E-state index < -0.39 is 11.6 Å². The predicted octanol–water partition coefficient (Wildman–Crippen LogP) is 6.88. The van der Waals surface area contributed by atoms with Gasteiger partial charge in [0.1, 0.15) is 29.4 Å². The Morgan fingerprint density at radius 3 is 1.44 bits per heavy atom. The molecule has 354 valence electrons. The number of aliphatic hydroxyl groups is 1. The number of benzene rings is 2. The molecule has 66 heavy (non-hydrogen) atoms. The zero-order valence-electron chi connectivity index (χ0n) is 37.1. The van der Waals surface area contributed by atoms with E-state index in [0.717, 1.165) is 95.7 Å². The van der Waals surface area contributed by atoms with Gasteiger partial charge >= 0.3 is 0 Å². The summed E-state index contributed by atoms with van der Waals surface area (Å²) in [5, 5.41) is 10.1. The quantitative estimate of drug-likeness (QED) is 0.0817. The Morgan fingerprint density at radius 1 is 0.652 bits per heavy atom. The first-order valence-electron chi connectivity index (χ1n) is 22.9. The van der Waals surface area contributed by atoms with E-state index >= 15 is 0 Å². The van der Waals surface area contributed by atoms with Crippen LogP contribution in [-0.2, 0) is 27.2 Å². The highest BCUT2D eigenvalue weighted by Crippen LogP contribution is 2.28. The molecule has 0 saturated carbocycles. The van der Waals surface area contributed by atoms with Gasteiger partial charge in [0.2, 0.25) is 23.7 Å². The highest BCUT2D eigenvalue weighted by Gasteiger charge is 2.31. The zero-order chi connectivity index (χ0) is 46.4. The van der Waals surface area contributed by atoms with Gasteiger partial charge in [0.05, 0.1) is 60.9 Å². The largest absolute Gasteiger partial charge is 0.493 e. The number of carbonyl (C=O) groups is 3. The van der Waals surface area contributed by atoms with Gasteiger partial charge < -0.3 is 39.0 Å². The molecule has 6 heterocycles. The summed E-state index contributed by atoms with van der Waals surface area (Å²) < 4.78 is 40.3. The Hall–Kier alpha value is -5.19. The van der Waals surface area contributed by atoms with E-state index in [0.29, 0.717) is 83.9 Å². The summed E-state index contributed by atoms with van der Waals surface area (Å²) in [5.74, 6) is 2.62. The van der Waals surface area contributed by atoms with Crippen molar-refractivity contribution >= 4 is 53.2 Å². The van der Waals surface area contributed by atoms with E-state index in [1.54, 1.807) is 58.9 Å². The minimum absolute atomic E-state index is 0.00253. The van der Waals surface area contributed by atoms with Crippen LogP contribution >= 0.6 is 23.2 Å². The summed E-state index contributed by atoms with van der Waals surface area (Å²) in [6.45, 7) is 6.80. The zero-order valence-corrected chi connectivity index (χ0v) is 38.6. The highest BCUT2D eigenvalue weighted by molar-refractivity contribution is 6.30. The standard InChI is InChI=1S/C24H30ClFN4O3.C24H28ClFN4O3/c2*25-20-12-27-24(28-13-20)29-7-5-17(6-8-29)2-1-9-33-21-4-3-19(22(26)11-21)10-23(32)30-14-18(15-30)16-31/h3-4,11-13,17-18,31H,1-2,5-10,14-16H2;3-4,11-13,16-18H,1-2,5-10,14-15H2. The van der Waals surface area contributed by atoms with Crippen molar-refractivity contribution in [3.63, 3.8) is 0 Å². The van der Waals surface area contributed by atoms with Gasteiger partial charge in [-0.15, -0.1) is 0 Å².